The number of thioether (sulfide) groups is 3. The molecule has 0 saturated carbocycles. The van der Waals surface area contributed by atoms with Gasteiger partial charge in [-0.15, -0.1) is 46.4 Å². The molecule has 0 fully saturated rings. The van der Waals surface area contributed by atoms with Crippen LogP contribution in [-0.2, 0) is 18.5 Å². The van der Waals surface area contributed by atoms with Crippen LogP contribution in [0.5, 0.6) is 0 Å². The van der Waals surface area contributed by atoms with Crippen molar-refractivity contribution in [3.63, 3.8) is 0 Å². The average molecular weight is 768 g/mol. The number of halogens is 8. The molecule has 0 spiro atoms. The molecule has 0 rings (SSSR count). The predicted molar refractivity (Wildman–Crippen MR) is 167 cm³/mol. The number of hydrogen-bond acceptors (Lipinski definition) is 10. The van der Waals surface area contributed by atoms with E-state index < -0.39 is 30.7 Å². The number of aliphatic hydroxyl groups excluding tert-OH is 5. The molecule has 7 nitrogen and oxygen atoms in total. The van der Waals surface area contributed by atoms with E-state index in [-0.39, 0.29) is 31.1 Å². The first-order valence-electron chi connectivity index (χ1n) is 9.12. The number of hydrogen-bond donors (Lipinski definition) is 5. The van der Waals surface area contributed by atoms with Crippen LogP contribution in [0.1, 0.15) is 0 Å². The van der Waals surface area contributed by atoms with Crippen LogP contribution >= 0.6 is 124 Å². The van der Waals surface area contributed by atoms with Gasteiger partial charge in [-0.05, 0) is 0 Å². The van der Waals surface area contributed by atoms with Crippen LogP contribution in [0.2, 0.25) is 0 Å². The van der Waals surface area contributed by atoms with Crippen molar-refractivity contribution in [1.82, 2.24) is 0 Å². The zero-order valence-electron chi connectivity index (χ0n) is 18.3. The van der Waals surface area contributed by atoms with Gasteiger partial charge in [0, 0.05) is 94.9 Å². The van der Waals surface area contributed by atoms with Gasteiger partial charge in [0.1, 0.15) is 0 Å². The van der Waals surface area contributed by atoms with E-state index in [9.17, 15) is 0 Å². The lowest BCUT2D eigenvalue weighted by Gasteiger charge is -2.03. The van der Waals surface area contributed by atoms with Crippen molar-refractivity contribution in [2.75, 3.05) is 72.0 Å². The smallest absolute Gasteiger partial charge is 0.211 e. The predicted octanol–water partition coefficient (Wildman–Crippen LogP) is 4.27. The molecule has 5 N–H and O–H groups in total. The summed E-state index contributed by atoms with van der Waals surface area (Å²) in [7, 11) is 14.7. The molecule has 3 unspecified atom stereocenters. The van der Waals surface area contributed by atoms with E-state index in [1.54, 1.807) is 11.8 Å². The molecule has 0 radical (unpaired) electrons. The zero-order chi connectivity index (χ0) is 28.5. The van der Waals surface area contributed by atoms with Crippen molar-refractivity contribution in [3.8, 4) is 0 Å². The van der Waals surface area contributed by atoms with E-state index in [0.717, 1.165) is 11.5 Å². The summed E-state index contributed by atoms with van der Waals surface area (Å²) in [6.45, 7) is 0.0981. The summed E-state index contributed by atoms with van der Waals surface area (Å²) in [6, 6.07) is 0. The molecule has 0 bridgehead atoms. The van der Waals surface area contributed by atoms with Crippen molar-refractivity contribution < 1.29 is 34.0 Å². The Morgan fingerprint density at radius 2 is 1.03 bits per heavy atom. The fraction of sp³-hybridized carbons (Fsp3) is 1.00. The Balaban J connectivity index is -0.000000112. The molecule has 0 aliphatic carbocycles. The van der Waals surface area contributed by atoms with Gasteiger partial charge in [-0.3, -0.25) is 0 Å². The number of rotatable bonds is 15. The van der Waals surface area contributed by atoms with E-state index in [1.807, 2.05) is 0 Å². The van der Waals surface area contributed by atoms with Crippen LogP contribution in [0, 0.1) is 0 Å². The van der Waals surface area contributed by atoms with Crippen molar-refractivity contribution in [1.29, 1.82) is 0 Å². The summed E-state index contributed by atoms with van der Waals surface area (Å²) in [4.78, 5) is 0. The highest BCUT2D eigenvalue weighted by Crippen LogP contribution is 2.09. The summed E-state index contributed by atoms with van der Waals surface area (Å²) in [6.07, 6.45) is -1.07. The second-order valence-corrected chi connectivity index (χ2v) is 15.2. The van der Waals surface area contributed by atoms with Crippen LogP contribution in [0.25, 0.3) is 0 Å². The Morgan fingerprint density at radius 1 is 0.657 bits per heavy atom. The largest absolute Gasteiger partial charge is 0.396 e. The van der Waals surface area contributed by atoms with Crippen molar-refractivity contribution in [2.24, 2.45) is 0 Å². The summed E-state index contributed by atoms with van der Waals surface area (Å²) in [5.41, 5.74) is 0. The second-order valence-electron chi connectivity index (χ2n) is 5.13. The van der Waals surface area contributed by atoms with Crippen LogP contribution in [0.3, 0.4) is 0 Å². The average Bonchev–Trinajstić information content (AvgIpc) is 2.79. The standard InChI is InChI=1S/C5H9Cl3S.C5H11ClO2S.C5H12O3S.2Cl2OS/c6-1-2-9-4-5(8)3-7;6-3-5(8)4-9-2-1-7;6-1-2-9-4-5(8)3-7;2*1-4(2)3/h5H,1-4H2;5,7-8H,1-4H2;5-8H,1-4H2;;. The third-order valence-electron chi connectivity index (χ3n) is 2.17. The summed E-state index contributed by atoms with van der Waals surface area (Å²) in [5.74, 6) is 5.76. The number of aliphatic hydroxyl groups is 5. The molecule has 20 heteroatoms. The number of alkyl halides is 4. The lowest BCUT2D eigenvalue weighted by atomic mass is 10.4. The van der Waals surface area contributed by atoms with E-state index in [0.29, 0.717) is 34.8 Å². The van der Waals surface area contributed by atoms with Gasteiger partial charge in [0.15, 0.2) is 0 Å². The van der Waals surface area contributed by atoms with Crippen LogP contribution in [0.4, 0.5) is 0 Å². The maximum Gasteiger partial charge on any atom is 0.211 e. The van der Waals surface area contributed by atoms with Gasteiger partial charge < -0.3 is 25.5 Å². The molecular formula is C15H32Cl8O7S5. The summed E-state index contributed by atoms with van der Waals surface area (Å²) >= 11 is 26.6. The molecule has 35 heavy (non-hydrogen) atoms. The Morgan fingerprint density at radius 3 is 1.31 bits per heavy atom. The maximum atomic E-state index is 9.09. The van der Waals surface area contributed by atoms with Gasteiger partial charge in [0.05, 0.1) is 37.4 Å². The summed E-state index contributed by atoms with van der Waals surface area (Å²) < 4.78 is 18.2. The first-order valence-corrected chi connectivity index (χ1v) is 20.2. The molecule has 0 aromatic heterocycles. The minimum Gasteiger partial charge on any atom is -0.396 e. The molecule has 220 valence electrons. The normalized spacial score (nSPS) is 12.5. The van der Waals surface area contributed by atoms with Crippen molar-refractivity contribution >= 4 is 143 Å². The van der Waals surface area contributed by atoms with Gasteiger partial charge >= 0.3 is 0 Å². The molecule has 0 saturated heterocycles. The Hall–Kier alpha value is 3.47. The first kappa shape index (κ1) is 48.2. The topological polar surface area (TPSA) is 135 Å². The Labute approximate surface area is 263 Å². The molecule has 0 aromatic carbocycles. The van der Waals surface area contributed by atoms with Gasteiger partial charge in [0.25, 0.3) is 0 Å². The van der Waals surface area contributed by atoms with E-state index in [4.69, 9.17) is 80.4 Å². The molecule has 0 aliphatic heterocycles. The molecule has 3 atom stereocenters. The monoisotopic (exact) mass is 764 g/mol. The molecule has 0 aliphatic rings. The quantitative estimate of drug-likeness (QED) is 0.0935. The van der Waals surface area contributed by atoms with Gasteiger partial charge in [-0.2, -0.15) is 35.3 Å². The van der Waals surface area contributed by atoms with Crippen LogP contribution in [-0.4, -0.2) is 124 Å². The highest BCUT2D eigenvalue weighted by molar-refractivity contribution is 8.27. The molecular weight excluding hydrogens is 736 g/mol. The Bertz CT molecular complexity index is 372. The maximum absolute atomic E-state index is 9.09. The Kier molecular flexibility index (Phi) is 61.3. The molecule has 0 amide bonds. The SMILES string of the molecule is ClCCSCC(Cl)CCl.O=S(Cl)Cl.O=S(Cl)Cl.OCCSCC(O)CCl.OCCSCC(O)CO. The lowest BCUT2D eigenvalue weighted by Crippen LogP contribution is -2.15. The fourth-order valence-electron chi connectivity index (χ4n) is 0.975. The van der Waals surface area contributed by atoms with E-state index in [2.05, 4.69) is 42.7 Å². The third-order valence-corrected chi connectivity index (χ3v) is 7.27. The van der Waals surface area contributed by atoms with Crippen LogP contribution < -0.4 is 0 Å². The fourth-order valence-corrected chi connectivity index (χ4v) is 4.06. The van der Waals surface area contributed by atoms with Crippen molar-refractivity contribution in [3.05, 3.63) is 0 Å². The van der Waals surface area contributed by atoms with Crippen molar-refractivity contribution in [2.45, 2.75) is 17.6 Å². The van der Waals surface area contributed by atoms with Crippen LogP contribution in [0.15, 0.2) is 0 Å². The van der Waals surface area contributed by atoms with Gasteiger partial charge in [0.2, 0.25) is 18.5 Å². The highest BCUT2D eigenvalue weighted by atomic mass is 36.0. The third kappa shape index (κ3) is 78.7. The second kappa shape index (κ2) is 44.5. The minimum atomic E-state index is -1.67. The minimum absolute atomic E-state index is 0.0971. The first-order chi connectivity index (χ1) is 16.4. The lowest BCUT2D eigenvalue weighted by molar-refractivity contribution is 0.113. The van der Waals surface area contributed by atoms with Gasteiger partial charge in [-0.1, -0.05) is 0 Å². The molecule has 0 aromatic rings. The van der Waals surface area contributed by atoms with E-state index in [1.165, 1.54) is 23.5 Å². The van der Waals surface area contributed by atoms with Gasteiger partial charge in [-0.25, -0.2) is 8.42 Å². The summed E-state index contributed by atoms with van der Waals surface area (Å²) in [5, 5.41) is 42.6. The van der Waals surface area contributed by atoms with E-state index >= 15 is 0 Å². The zero-order valence-corrected chi connectivity index (χ0v) is 28.5. The molecule has 0 heterocycles. The highest BCUT2D eigenvalue weighted by Gasteiger charge is 2.01.